The van der Waals surface area contributed by atoms with Crippen LogP contribution in [0.5, 0.6) is 0 Å². The summed E-state index contributed by atoms with van der Waals surface area (Å²) in [6.07, 6.45) is 5.78. The maximum absolute atomic E-state index is 13.3. The molecule has 4 rings (SSSR count). The van der Waals surface area contributed by atoms with Crippen LogP contribution >= 0.6 is 15.9 Å². The van der Waals surface area contributed by atoms with E-state index in [1.54, 1.807) is 26.4 Å². The van der Waals surface area contributed by atoms with Gasteiger partial charge in [0.2, 0.25) is 0 Å². The number of H-pyrrole nitrogens is 1. The smallest absolute Gasteiger partial charge is 0.354 e. The predicted octanol–water partition coefficient (Wildman–Crippen LogP) is 3.89. The van der Waals surface area contributed by atoms with Crippen LogP contribution in [0.2, 0.25) is 0 Å². The molecule has 0 saturated carbocycles. The van der Waals surface area contributed by atoms with Crippen molar-refractivity contribution in [2.75, 3.05) is 13.7 Å². The number of imidazole rings is 1. The first kappa shape index (κ1) is 24.5. The molecule has 0 bridgehead atoms. The number of methoxy groups -OCH3 is 1. The number of nitrogens with one attached hydrogen (secondary N) is 1. The van der Waals surface area contributed by atoms with Crippen LogP contribution in [-0.4, -0.2) is 55.9 Å². The van der Waals surface area contributed by atoms with Crippen molar-refractivity contribution in [3.63, 3.8) is 0 Å². The van der Waals surface area contributed by atoms with Gasteiger partial charge in [0, 0.05) is 41.2 Å². The van der Waals surface area contributed by atoms with E-state index in [2.05, 4.69) is 25.9 Å². The topological polar surface area (TPSA) is 118 Å². The van der Waals surface area contributed by atoms with E-state index >= 15 is 0 Å². The molecule has 182 valence electrons. The number of aliphatic hydroxyl groups excluding tert-OH is 1. The lowest BCUT2D eigenvalue weighted by atomic mass is 9.94. The van der Waals surface area contributed by atoms with E-state index < -0.39 is 23.7 Å². The lowest BCUT2D eigenvalue weighted by molar-refractivity contribution is -0.139. The minimum Gasteiger partial charge on any atom is -0.507 e. The van der Waals surface area contributed by atoms with Crippen LogP contribution in [0.3, 0.4) is 0 Å². The van der Waals surface area contributed by atoms with Gasteiger partial charge in [-0.25, -0.2) is 9.78 Å². The molecular weight excluding hydrogens is 516 g/mol. The van der Waals surface area contributed by atoms with Crippen molar-refractivity contribution >= 4 is 39.3 Å². The lowest BCUT2D eigenvalue weighted by Gasteiger charge is -2.25. The number of carbonyl (C=O) groups is 3. The Morgan fingerprint density at radius 1 is 1.26 bits per heavy atom. The van der Waals surface area contributed by atoms with Crippen LogP contribution < -0.4 is 0 Å². The highest BCUT2D eigenvalue weighted by Gasteiger charge is 2.46. The van der Waals surface area contributed by atoms with Crippen LogP contribution in [0, 0.1) is 13.8 Å². The quantitative estimate of drug-likeness (QED) is 0.203. The van der Waals surface area contributed by atoms with Crippen molar-refractivity contribution in [2.24, 2.45) is 0 Å². The summed E-state index contributed by atoms with van der Waals surface area (Å²) >= 11 is 3.46. The minimum atomic E-state index is -0.787. The molecule has 1 atom stereocenters. The fraction of sp³-hybridized carbons (Fsp3) is 0.280. The molecule has 3 heterocycles. The van der Waals surface area contributed by atoms with E-state index in [9.17, 15) is 19.5 Å². The highest BCUT2D eigenvalue weighted by Crippen LogP contribution is 2.41. The zero-order valence-electron chi connectivity index (χ0n) is 19.5. The third-order valence-corrected chi connectivity index (χ3v) is 6.64. The summed E-state index contributed by atoms with van der Waals surface area (Å²) in [5, 5.41) is 11.4. The molecule has 0 radical (unpaired) electrons. The summed E-state index contributed by atoms with van der Waals surface area (Å²) in [4.78, 5) is 47.0. The number of esters is 1. The van der Waals surface area contributed by atoms with Gasteiger partial charge >= 0.3 is 5.97 Å². The van der Waals surface area contributed by atoms with Crippen molar-refractivity contribution in [1.29, 1.82) is 0 Å². The van der Waals surface area contributed by atoms with Gasteiger partial charge in [0.15, 0.2) is 0 Å². The number of aryl methyl sites for hydroxylation is 2. The van der Waals surface area contributed by atoms with Crippen LogP contribution in [0.15, 0.2) is 53.0 Å². The SMILES string of the molecule is COC(=O)c1[nH]c(C)c(/C(O)=C2\C(=O)C(=O)N(CCCn3ccnc3)C2c2cccc(Br)c2)c1C. The van der Waals surface area contributed by atoms with Crippen molar-refractivity contribution in [2.45, 2.75) is 32.9 Å². The Labute approximate surface area is 210 Å². The van der Waals surface area contributed by atoms with Crippen LogP contribution in [-0.2, 0) is 20.9 Å². The van der Waals surface area contributed by atoms with E-state index in [0.717, 1.165) is 4.47 Å². The molecule has 1 aliphatic rings. The fourth-order valence-electron chi connectivity index (χ4n) is 4.52. The molecule has 2 aromatic heterocycles. The lowest BCUT2D eigenvalue weighted by Crippen LogP contribution is -2.31. The highest BCUT2D eigenvalue weighted by molar-refractivity contribution is 9.10. The standard InChI is InChI=1S/C25H25BrN4O5/c1-14-18(15(2)28-20(14)25(34)35-3)22(31)19-21(16-6-4-7-17(26)12-16)30(24(33)23(19)32)10-5-9-29-11-8-27-13-29/h4,6-8,11-13,21,28,31H,5,9-10H2,1-3H3/b22-19+. The number of aromatic nitrogens is 3. The first-order valence-corrected chi connectivity index (χ1v) is 11.8. The van der Waals surface area contributed by atoms with Crippen molar-refractivity contribution in [3.8, 4) is 0 Å². The normalized spacial score (nSPS) is 17.3. The number of benzene rings is 1. The summed E-state index contributed by atoms with van der Waals surface area (Å²) in [6.45, 7) is 4.26. The van der Waals surface area contributed by atoms with Gasteiger partial charge < -0.3 is 24.3 Å². The molecular formula is C25H25BrN4O5. The first-order valence-electron chi connectivity index (χ1n) is 11.0. The molecule has 2 N–H and O–H groups in total. The van der Waals surface area contributed by atoms with E-state index in [4.69, 9.17) is 4.74 Å². The molecule has 0 spiro atoms. The Balaban J connectivity index is 1.80. The van der Waals surface area contributed by atoms with Crippen LogP contribution in [0.4, 0.5) is 0 Å². The van der Waals surface area contributed by atoms with E-state index in [-0.39, 0.29) is 17.0 Å². The number of hydrogen-bond acceptors (Lipinski definition) is 6. The molecule has 1 fully saturated rings. The number of hydrogen-bond donors (Lipinski definition) is 2. The third kappa shape index (κ3) is 4.53. The summed E-state index contributed by atoms with van der Waals surface area (Å²) in [7, 11) is 1.26. The minimum absolute atomic E-state index is 0.0163. The molecule has 0 aliphatic carbocycles. The number of likely N-dealkylation sites (tertiary alicyclic amines) is 1. The van der Waals surface area contributed by atoms with Gasteiger partial charge in [0.25, 0.3) is 11.7 Å². The second kappa shape index (κ2) is 9.91. The number of ether oxygens (including phenoxy) is 1. The maximum atomic E-state index is 13.3. The molecule has 10 heteroatoms. The summed E-state index contributed by atoms with van der Waals surface area (Å²) < 4.78 is 7.49. The van der Waals surface area contributed by atoms with E-state index in [1.165, 1.54) is 12.0 Å². The molecule has 1 saturated heterocycles. The zero-order valence-corrected chi connectivity index (χ0v) is 21.1. The number of ketones is 1. The molecule has 1 unspecified atom stereocenters. The van der Waals surface area contributed by atoms with Gasteiger partial charge in [-0.05, 0) is 43.5 Å². The second-order valence-corrected chi connectivity index (χ2v) is 9.23. The number of rotatable bonds is 7. The molecule has 1 amide bonds. The summed E-state index contributed by atoms with van der Waals surface area (Å²) in [5.41, 5.74) is 2.08. The van der Waals surface area contributed by atoms with Crippen LogP contribution in [0.1, 0.15) is 45.3 Å². The first-order chi connectivity index (χ1) is 16.7. The maximum Gasteiger partial charge on any atom is 0.354 e. The fourth-order valence-corrected chi connectivity index (χ4v) is 4.94. The number of aromatic amines is 1. The van der Waals surface area contributed by atoms with Crippen LogP contribution in [0.25, 0.3) is 5.76 Å². The van der Waals surface area contributed by atoms with Gasteiger partial charge in [-0.15, -0.1) is 0 Å². The Morgan fingerprint density at radius 3 is 2.69 bits per heavy atom. The summed E-state index contributed by atoms with van der Waals surface area (Å²) in [6, 6.07) is 6.51. The van der Waals surface area contributed by atoms with Gasteiger partial charge in [0.1, 0.15) is 11.5 Å². The molecule has 9 nitrogen and oxygen atoms in total. The van der Waals surface area contributed by atoms with Crippen molar-refractivity contribution in [1.82, 2.24) is 19.4 Å². The van der Waals surface area contributed by atoms with E-state index in [1.807, 2.05) is 35.0 Å². The number of aliphatic hydroxyl groups is 1. The van der Waals surface area contributed by atoms with Gasteiger partial charge in [-0.2, -0.15) is 0 Å². The molecule has 1 aromatic carbocycles. The van der Waals surface area contributed by atoms with Gasteiger partial charge in [-0.1, -0.05) is 28.1 Å². The summed E-state index contributed by atoms with van der Waals surface area (Å²) in [5.74, 6) is -2.36. The molecule has 1 aliphatic heterocycles. The number of carbonyl (C=O) groups excluding carboxylic acids is 3. The average Bonchev–Trinajstić information content (AvgIpc) is 3.52. The second-order valence-electron chi connectivity index (χ2n) is 8.32. The molecule has 3 aromatic rings. The highest BCUT2D eigenvalue weighted by atomic mass is 79.9. The number of nitrogens with zero attached hydrogens (tertiary/aromatic N) is 3. The predicted molar refractivity (Wildman–Crippen MR) is 132 cm³/mol. The Morgan fingerprint density at radius 2 is 2.03 bits per heavy atom. The largest absolute Gasteiger partial charge is 0.507 e. The van der Waals surface area contributed by atoms with Crippen molar-refractivity contribution < 1.29 is 24.2 Å². The number of Topliss-reactive ketones (excluding diaryl/α,β-unsaturated/α-hetero) is 1. The average molecular weight is 541 g/mol. The zero-order chi connectivity index (χ0) is 25.3. The van der Waals surface area contributed by atoms with Gasteiger partial charge in [-0.3, -0.25) is 9.59 Å². The Bertz CT molecular complexity index is 1330. The van der Waals surface area contributed by atoms with Crippen molar-refractivity contribution in [3.05, 3.63) is 81.1 Å². The van der Waals surface area contributed by atoms with Gasteiger partial charge in [0.05, 0.1) is 25.1 Å². The number of amides is 1. The Hall–Kier alpha value is -3.66. The van der Waals surface area contributed by atoms with E-state index in [0.29, 0.717) is 41.9 Å². The Kier molecular flexibility index (Phi) is 6.93. The third-order valence-electron chi connectivity index (χ3n) is 6.14. The monoisotopic (exact) mass is 540 g/mol. The molecule has 35 heavy (non-hydrogen) atoms. The number of halogens is 1.